The number of unbranched alkanes of at least 4 members (excludes halogenated alkanes) is 2. The van der Waals surface area contributed by atoms with Crippen LogP contribution in [0.15, 0.2) is 0 Å². The van der Waals surface area contributed by atoms with Crippen LogP contribution in [0.4, 0.5) is 0 Å². The maximum absolute atomic E-state index is 16.8. The molecule has 0 aliphatic heterocycles. The molecule has 0 bridgehead atoms. The maximum atomic E-state index is 16.8. The van der Waals surface area contributed by atoms with Gasteiger partial charge in [-0.1, -0.05) is 118 Å². The van der Waals surface area contributed by atoms with Crippen LogP contribution in [0, 0.1) is 46.3 Å². The van der Waals surface area contributed by atoms with E-state index in [0.717, 1.165) is 51.4 Å². The van der Waals surface area contributed by atoms with Crippen molar-refractivity contribution in [3.05, 3.63) is 0 Å². The highest BCUT2D eigenvalue weighted by Crippen LogP contribution is 2.62. The number of carbonyl (C=O) groups excluding carboxylic acids is 3. The minimum Gasteiger partial charge on any atom is -0.299 e. The molecule has 2 atom stereocenters. The van der Waals surface area contributed by atoms with E-state index in [-0.39, 0.29) is 22.7 Å². The van der Waals surface area contributed by atoms with Crippen molar-refractivity contribution in [3.8, 4) is 0 Å². The zero-order valence-electron chi connectivity index (χ0n) is 32.4. The summed E-state index contributed by atoms with van der Waals surface area (Å²) in [5, 5.41) is 0. The second-order valence-corrected chi connectivity index (χ2v) is 17.8. The van der Waals surface area contributed by atoms with E-state index in [9.17, 15) is 9.59 Å². The van der Waals surface area contributed by atoms with Crippen LogP contribution in [0.5, 0.6) is 0 Å². The quantitative estimate of drug-likeness (QED) is 0.130. The fraction of sp³-hybridized carbons (Fsp3) is 0.933. The van der Waals surface area contributed by atoms with Crippen LogP contribution in [0.1, 0.15) is 220 Å². The predicted molar refractivity (Wildman–Crippen MR) is 202 cm³/mol. The van der Waals surface area contributed by atoms with Crippen LogP contribution in [-0.4, -0.2) is 17.3 Å². The molecule has 4 rings (SSSR count). The van der Waals surface area contributed by atoms with Crippen molar-refractivity contribution in [2.45, 2.75) is 220 Å². The van der Waals surface area contributed by atoms with Crippen LogP contribution >= 0.6 is 0 Å². The van der Waals surface area contributed by atoms with E-state index in [1.54, 1.807) is 0 Å². The average Bonchev–Trinajstić information content (AvgIpc) is 3.14. The van der Waals surface area contributed by atoms with E-state index >= 15 is 4.79 Å². The monoisotopic (exact) mass is 667 g/mol. The molecule has 0 amide bonds. The summed E-state index contributed by atoms with van der Waals surface area (Å²) in [6, 6.07) is 0. The van der Waals surface area contributed by atoms with Crippen molar-refractivity contribution in [1.82, 2.24) is 0 Å². The Labute approximate surface area is 297 Å². The van der Waals surface area contributed by atoms with Gasteiger partial charge in [-0.15, -0.1) is 0 Å². The Morgan fingerprint density at radius 2 is 0.750 bits per heavy atom. The summed E-state index contributed by atoms with van der Waals surface area (Å²) in [6.07, 6.45) is 34.2. The summed E-state index contributed by atoms with van der Waals surface area (Å²) in [5.41, 5.74) is -0.602. The Kier molecular flexibility index (Phi) is 16.7. The van der Waals surface area contributed by atoms with Crippen LogP contribution in [0.25, 0.3) is 0 Å². The van der Waals surface area contributed by atoms with Gasteiger partial charge in [-0.2, -0.15) is 0 Å². The second kappa shape index (κ2) is 20.2. The average molecular weight is 667 g/mol. The normalized spacial score (nSPS) is 22.8. The van der Waals surface area contributed by atoms with Crippen molar-refractivity contribution >= 4 is 17.3 Å². The van der Waals surface area contributed by atoms with Crippen molar-refractivity contribution in [1.29, 1.82) is 0 Å². The summed E-state index contributed by atoms with van der Waals surface area (Å²) in [4.78, 5) is 43.7. The maximum Gasteiger partial charge on any atom is 0.146 e. The van der Waals surface area contributed by atoms with E-state index in [1.807, 2.05) is 0 Å². The second-order valence-electron chi connectivity index (χ2n) is 17.8. The van der Waals surface area contributed by atoms with E-state index in [2.05, 4.69) is 27.7 Å². The van der Waals surface area contributed by atoms with Gasteiger partial charge < -0.3 is 0 Å². The van der Waals surface area contributed by atoms with Gasteiger partial charge >= 0.3 is 0 Å². The molecule has 0 aromatic rings. The first-order valence-electron chi connectivity index (χ1n) is 21.9. The summed E-state index contributed by atoms with van der Waals surface area (Å²) < 4.78 is 0. The van der Waals surface area contributed by atoms with E-state index in [4.69, 9.17) is 0 Å². The highest BCUT2D eigenvalue weighted by molar-refractivity contribution is 5.92. The Morgan fingerprint density at radius 1 is 0.479 bits per heavy atom. The number of hydrogen-bond acceptors (Lipinski definition) is 3. The lowest BCUT2D eigenvalue weighted by atomic mass is 9.45. The third-order valence-corrected chi connectivity index (χ3v) is 14.8. The molecule has 0 saturated heterocycles. The minimum atomic E-state index is -0.301. The summed E-state index contributed by atoms with van der Waals surface area (Å²) in [7, 11) is 0. The first-order valence-corrected chi connectivity index (χ1v) is 21.9. The zero-order chi connectivity index (χ0) is 34.4. The molecule has 2 unspecified atom stereocenters. The van der Waals surface area contributed by atoms with Gasteiger partial charge in [-0.3, -0.25) is 14.4 Å². The van der Waals surface area contributed by atoms with Gasteiger partial charge in [0.2, 0.25) is 0 Å². The molecular weight excluding hydrogens is 588 g/mol. The molecule has 4 saturated carbocycles. The molecule has 0 aromatic heterocycles. The highest BCUT2D eigenvalue weighted by Gasteiger charge is 2.61. The zero-order valence-corrected chi connectivity index (χ0v) is 32.4. The lowest BCUT2D eigenvalue weighted by Crippen LogP contribution is -2.58. The molecule has 48 heavy (non-hydrogen) atoms. The van der Waals surface area contributed by atoms with E-state index in [1.165, 1.54) is 128 Å². The number of ketones is 3. The van der Waals surface area contributed by atoms with Crippen LogP contribution in [-0.2, 0) is 14.4 Å². The SMILES string of the molecule is CCCCC(=O)C(C)CCC(C(=O)C(CCC(C)C(=O)CCCC)(C1CCCCC1)C1CCCCC1)(C1CCCCC1)C1CCCCC1. The predicted octanol–water partition coefficient (Wildman–Crippen LogP) is 13.2. The largest absolute Gasteiger partial charge is 0.299 e. The summed E-state index contributed by atoms with van der Waals surface area (Å²) in [5.74, 6) is 3.52. The molecule has 4 fully saturated rings. The van der Waals surface area contributed by atoms with Crippen molar-refractivity contribution in [3.63, 3.8) is 0 Å². The lowest BCUT2D eigenvalue weighted by molar-refractivity contribution is -0.164. The first kappa shape index (κ1) is 39.8. The molecule has 0 aromatic carbocycles. The van der Waals surface area contributed by atoms with Crippen LogP contribution < -0.4 is 0 Å². The van der Waals surface area contributed by atoms with Crippen molar-refractivity contribution in [2.75, 3.05) is 0 Å². The van der Waals surface area contributed by atoms with Gasteiger partial charge in [0.05, 0.1) is 0 Å². The number of Topliss-reactive ketones (excluding diaryl/α,β-unsaturated/α-hetero) is 3. The van der Waals surface area contributed by atoms with Crippen molar-refractivity contribution < 1.29 is 14.4 Å². The Morgan fingerprint density at radius 3 is 1.00 bits per heavy atom. The van der Waals surface area contributed by atoms with Gasteiger partial charge in [-0.25, -0.2) is 0 Å². The van der Waals surface area contributed by atoms with Gasteiger partial charge in [0.15, 0.2) is 0 Å². The Balaban J connectivity index is 1.84. The molecule has 276 valence electrons. The molecule has 4 aliphatic rings. The number of hydrogen-bond donors (Lipinski definition) is 0. The highest BCUT2D eigenvalue weighted by atomic mass is 16.1. The lowest BCUT2D eigenvalue weighted by Gasteiger charge is -2.57. The molecule has 0 N–H and O–H groups in total. The molecule has 3 nitrogen and oxygen atoms in total. The fourth-order valence-corrected chi connectivity index (χ4v) is 11.8. The molecule has 0 spiro atoms. The third-order valence-electron chi connectivity index (χ3n) is 14.8. The first-order chi connectivity index (χ1) is 23.3. The third kappa shape index (κ3) is 9.66. The van der Waals surface area contributed by atoms with Crippen LogP contribution in [0.2, 0.25) is 0 Å². The summed E-state index contributed by atoms with van der Waals surface area (Å²) >= 11 is 0. The van der Waals surface area contributed by atoms with Gasteiger partial charge in [0, 0.05) is 35.5 Å². The summed E-state index contributed by atoms with van der Waals surface area (Å²) in [6.45, 7) is 8.74. The smallest absolute Gasteiger partial charge is 0.146 e. The van der Waals surface area contributed by atoms with Gasteiger partial charge in [-0.05, 0) is 114 Å². The number of rotatable bonds is 20. The number of carbonyl (C=O) groups is 3. The van der Waals surface area contributed by atoms with Crippen LogP contribution in [0.3, 0.4) is 0 Å². The Bertz CT molecular complexity index is 845. The van der Waals surface area contributed by atoms with Gasteiger partial charge in [0.25, 0.3) is 0 Å². The molecule has 0 radical (unpaired) electrons. The molecule has 3 heteroatoms. The van der Waals surface area contributed by atoms with E-state index < -0.39 is 0 Å². The molecular formula is C45H78O3. The Hall–Kier alpha value is -0.990. The molecule has 0 heterocycles. The minimum absolute atomic E-state index is 0.0471. The van der Waals surface area contributed by atoms with E-state index in [0.29, 0.717) is 53.9 Å². The molecule has 4 aliphatic carbocycles. The van der Waals surface area contributed by atoms with Gasteiger partial charge in [0.1, 0.15) is 17.3 Å². The van der Waals surface area contributed by atoms with Crippen molar-refractivity contribution in [2.24, 2.45) is 46.3 Å². The fourth-order valence-electron chi connectivity index (χ4n) is 11.8. The standard InChI is InChI=1S/C45H78O3/c1-5-7-29-41(46)35(3)31-33-44(37-21-13-9-14-22-37,38-23-15-10-16-24-38)43(48)45(39-25-17-11-18-26-39,40-27-19-12-20-28-40)34-32-36(4)42(47)30-8-6-2/h35-40H,5-34H2,1-4H3. The topological polar surface area (TPSA) is 51.2 Å².